The molecule has 8 heteroatoms. The first-order valence-electron chi connectivity index (χ1n) is 15.6. The van der Waals surface area contributed by atoms with E-state index < -0.39 is 0 Å². The van der Waals surface area contributed by atoms with Gasteiger partial charge in [-0.2, -0.15) is 5.10 Å². The third kappa shape index (κ3) is 5.05. The van der Waals surface area contributed by atoms with Crippen LogP contribution in [0.4, 0.5) is 5.82 Å². The highest BCUT2D eigenvalue weighted by Gasteiger charge is 2.39. The van der Waals surface area contributed by atoms with Gasteiger partial charge in [-0.15, -0.1) is 0 Å². The molecular weight excluding hydrogens is 625 g/mol. The molecule has 2 atom stereocenters. The van der Waals surface area contributed by atoms with E-state index in [9.17, 15) is 4.79 Å². The number of carbonyl (C=O) groups is 1. The fourth-order valence-corrected chi connectivity index (χ4v) is 7.48. The van der Waals surface area contributed by atoms with Crippen LogP contribution in [0.1, 0.15) is 52.1 Å². The number of nitrogens with one attached hydrogen (secondary N) is 2. The SMILES string of the molecule is CC1CC=CN2C(=C1c1ccccc1)c1c(C(=O)Nc3nn(C)cc3-c3ccccc3)[nH]c3cc(Cl)cc(c13)C2c1ccc(Cl)cc1. The topological polar surface area (TPSA) is 66.0 Å². The van der Waals surface area contributed by atoms with E-state index in [0.29, 0.717) is 21.6 Å². The van der Waals surface area contributed by atoms with Gasteiger partial charge in [0.2, 0.25) is 0 Å². The molecule has 0 spiro atoms. The van der Waals surface area contributed by atoms with Gasteiger partial charge in [-0.3, -0.25) is 9.48 Å². The van der Waals surface area contributed by atoms with Crippen LogP contribution in [0.25, 0.3) is 33.3 Å². The Kier molecular flexibility index (Phi) is 7.27. The summed E-state index contributed by atoms with van der Waals surface area (Å²) in [5.41, 5.74) is 9.29. The molecule has 6 aromatic rings. The predicted molar refractivity (Wildman–Crippen MR) is 191 cm³/mol. The Morgan fingerprint density at radius 2 is 1.62 bits per heavy atom. The number of aryl methyl sites for hydroxylation is 1. The van der Waals surface area contributed by atoms with Crippen LogP contribution in [-0.2, 0) is 7.05 Å². The Labute approximate surface area is 282 Å². The maximum Gasteiger partial charge on any atom is 0.274 e. The van der Waals surface area contributed by atoms with Gasteiger partial charge in [0.1, 0.15) is 5.69 Å². The third-order valence-corrected chi connectivity index (χ3v) is 9.58. The van der Waals surface area contributed by atoms with Crippen LogP contribution in [0.3, 0.4) is 0 Å². The summed E-state index contributed by atoms with van der Waals surface area (Å²) in [5.74, 6) is 0.389. The van der Waals surface area contributed by atoms with E-state index >= 15 is 0 Å². The Bertz CT molecular complexity index is 2220. The van der Waals surface area contributed by atoms with Crippen LogP contribution < -0.4 is 5.32 Å². The number of hydrogen-bond acceptors (Lipinski definition) is 3. The van der Waals surface area contributed by atoms with E-state index in [1.54, 1.807) is 4.68 Å². The lowest BCUT2D eigenvalue weighted by Crippen LogP contribution is -2.29. The van der Waals surface area contributed by atoms with E-state index in [2.05, 4.69) is 75.9 Å². The summed E-state index contributed by atoms with van der Waals surface area (Å²) in [4.78, 5) is 20.4. The summed E-state index contributed by atoms with van der Waals surface area (Å²) in [7, 11) is 1.86. The van der Waals surface area contributed by atoms with E-state index in [-0.39, 0.29) is 17.9 Å². The Morgan fingerprint density at radius 3 is 2.34 bits per heavy atom. The van der Waals surface area contributed by atoms with Crippen molar-refractivity contribution >= 4 is 57.1 Å². The summed E-state index contributed by atoms with van der Waals surface area (Å²) in [6.07, 6.45) is 7.16. The highest BCUT2D eigenvalue weighted by molar-refractivity contribution is 6.32. The molecule has 2 N–H and O–H groups in total. The molecule has 0 radical (unpaired) electrons. The van der Waals surface area contributed by atoms with E-state index in [4.69, 9.17) is 23.2 Å². The molecule has 0 bridgehead atoms. The van der Waals surface area contributed by atoms with Gasteiger partial charge in [0, 0.05) is 51.5 Å². The van der Waals surface area contributed by atoms with Crippen molar-refractivity contribution in [2.24, 2.45) is 13.0 Å². The third-order valence-electron chi connectivity index (χ3n) is 9.11. The van der Waals surface area contributed by atoms with Crippen molar-refractivity contribution in [2.45, 2.75) is 19.4 Å². The molecule has 1 amide bonds. The summed E-state index contributed by atoms with van der Waals surface area (Å²) in [5, 5.41) is 10.0. The second kappa shape index (κ2) is 11.6. The number of fused-ring (bicyclic) bond motifs is 2. The van der Waals surface area contributed by atoms with Gasteiger partial charge in [-0.25, -0.2) is 0 Å². The second-order valence-corrected chi connectivity index (χ2v) is 13.1. The zero-order valence-electron chi connectivity index (χ0n) is 25.8. The average Bonchev–Trinajstić information content (AvgIpc) is 3.58. The summed E-state index contributed by atoms with van der Waals surface area (Å²) in [6, 6.07) is 32.1. The zero-order valence-corrected chi connectivity index (χ0v) is 27.3. The van der Waals surface area contributed by atoms with Gasteiger partial charge < -0.3 is 15.2 Å². The lowest BCUT2D eigenvalue weighted by atomic mass is 9.82. The maximum absolute atomic E-state index is 14.6. The molecule has 0 saturated carbocycles. The monoisotopic (exact) mass is 655 g/mol. The van der Waals surface area contributed by atoms with Gasteiger partial charge in [-0.1, -0.05) is 109 Å². The first kappa shape index (κ1) is 29.4. The van der Waals surface area contributed by atoms with Gasteiger partial charge >= 0.3 is 0 Å². The number of halogens is 2. The molecule has 2 aliphatic rings. The lowest BCUT2D eigenvalue weighted by molar-refractivity contribution is 0.102. The van der Waals surface area contributed by atoms with Crippen LogP contribution in [0.15, 0.2) is 116 Å². The number of rotatable bonds is 5. The van der Waals surface area contributed by atoms with Crippen LogP contribution in [-0.4, -0.2) is 25.6 Å². The molecule has 232 valence electrons. The molecule has 0 saturated heterocycles. The van der Waals surface area contributed by atoms with Crippen molar-refractivity contribution in [1.29, 1.82) is 0 Å². The fraction of sp³-hybridized carbons (Fsp3) is 0.128. The maximum atomic E-state index is 14.6. The van der Waals surface area contributed by atoms with E-state index in [1.165, 1.54) is 5.57 Å². The van der Waals surface area contributed by atoms with Crippen molar-refractivity contribution in [3.63, 3.8) is 0 Å². The molecule has 47 heavy (non-hydrogen) atoms. The largest absolute Gasteiger partial charge is 0.350 e. The number of allylic oxidation sites excluding steroid dienone is 2. The molecule has 8 rings (SSSR count). The summed E-state index contributed by atoms with van der Waals surface area (Å²) < 4.78 is 1.72. The molecule has 6 nitrogen and oxygen atoms in total. The smallest absolute Gasteiger partial charge is 0.274 e. The normalized spacial score (nSPS) is 17.1. The van der Waals surface area contributed by atoms with Crippen LogP contribution >= 0.6 is 23.2 Å². The molecule has 4 heterocycles. The van der Waals surface area contributed by atoms with Gasteiger partial charge in [0.15, 0.2) is 5.82 Å². The molecule has 0 fully saturated rings. The number of amides is 1. The molecule has 2 unspecified atom stereocenters. The number of anilines is 1. The number of H-pyrrole nitrogens is 1. The van der Waals surface area contributed by atoms with Crippen LogP contribution in [0.5, 0.6) is 0 Å². The summed E-state index contributed by atoms with van der Waals surface area (Å²) in [6.45, 7) is 2.25. The minimum atomic E-state index is -0.278. The highest BCUT2D eigenvalue weighted by atomic mass is 35.5. The lowest BCUT2D eigenvalue weighted by Gasteiger charge is -2.39. The highest BCUT2D eigenvalue weighted by Crippen LogP contribution is 2.52. The first-order valence-corrected chi connectivity index (χ1v) is 16.4. The molecule has 2 aliphatic heterocycles. The van der Waals surface area contributed by atoms with E-state index in [1.807, 2.05) is 73.9 Å². The number of aromatic amines is 1. The Hall–Kier alpha value is -5.04. The van der Waals surface area contributed by atoms with Gasteiger partial charge in [0.05, 0.1) is 11.7 Å². The van der Waals surface area contributed by atoms with Crippen molar-refractivity contribution < 1.29 is 4.79 Å². The standard InChI is InChI=1S/C39H31Cl2N5O/c1-23-10-9-19-46-36(26-15-17-27(40)18-16-26)29-20-28(41)21-31-33(29)34(37(46)32(23)25-13-7-4-8-14-25)35(42-31)39(47)43-38-30(22-45(2)44-38)24-11-5-3-6-12-24/h3-9,11-23,36,42H,10H2,1-2H3,(H,43,44,47). The van der Waals surface area contributed by atoms with Crippen LogP contribution in [0, 0.1) is 5.92 Å². The minimum absolute atomic E-state index is 0.176. The van der Waals surface area contributed by atoms with Crippen molar-refractivity contribution in [1.82, 2.24) is 19.7 Å². The van der Waals surface area contributed by atoms with Gasteiger partial charge in [0.25, 0.3) is 5.91 Å². The minimum Gasteiger partial charge on any atom is -0.350 e. The van der Waals surface area contributed by atoms with Crippen molar-refractivity contribution in [3.05, 3.63) is 154 Å². The average molecular weight is 657 g/mol. The second-order valence-electron chi connectivity index (χ2n) is 12.2. The number of benzene rings is 4. The molecular formula is C39H31Cl2N5O. The Morgan fingerprint density at radius 1 is 0.915 bits per heavy atom. The number of carbonyl (C=O) groups excluding carboxylic acids is 1. The zero-order chi connectivity index (χ0) is 32.2. The van der Waals surface area contributed by atoms with Crippen LogP contribution in [0.2, 0.25) is 10.0 Å². The molecule has 4 aromatic carbocycles. The quantitative estimate of drug-likeness (QED) is 0.194. The first-order chi connectivity index (χ1) is 22.9. The van der Waals surface area contributed by atoms with Gasteiger partial charge in [-0.05, 0) is 64.4 Å². The fourth-order valence-electron chi connectivity index (χ4n) is 7.13. The predicted octanol–water partition coefficient (Wildman–Crippen LogP) is 9.95. The number of nitrogens with zero attached hydrogens (tertiary/aromatic N) is 3. The number of hydrogen-bond donors (Lipinski definition) is 2. The molecule has 0 aliphatic carbocycles. The Balaban J connectivity index is 1.40. The van der Waals surface area contributed by atoms with Crippen molar-refractivity contribution in [2.75, 3.05) is 5.32 Å². The summed E-state index contributed by atoms with van der Waals surface area (Å²) >= 11 is 13.2. The molecule has 2 aromatic heterocycles. The van der Waals surface area contributed by atoms with E-state index in [0.717, 1.165) is 56.4 Å². The van der Waals surface area contributed by atoms with Crippen molar-refractivity contribution in [3.8, 4) is 11.1 Å². The number of aromatic nitrogens is 3.